The lowest BCUT2D eigenvalue weighted by atomic mass is 9.97. The maximum atomic E-state index is 13.2. The summed E-state index contributed by atoms with van der Waals surface area (Å²) < 4.78 is 0. The van der Waals surface area contributed by atoms with Crippen molar-refractivity contribution in [3.8, 4) is 0 Å². The third-order valence-electron chi connectivity index (χ3n) is 5.64. The van der Waals surface area contributed by atoms with E-state index in [1.165, 1.54) is 0 Å². The van der Waals surface area contributed by atoms with E-state index in [0.29, 0.717) is 29.4 Å². The fourth-order valence-electron chi connectivity index (χ4n) is 4.01. The number of nitrogens with zero attached hydrogens (tertiary/aromatic N) is 2. The molecule has 1 aliphatic heterocycles. The molecule has 1 heterocycles. The molecular weight excluding hydrogens is 401 g/mol. The normalized spacial score (nSPS) is 19.4. The monoisotopic (exact) mass is 425 g/mol. The van der Waals surface area contributed by atoms with Gasteiger partial charge in [0.1, 0.15) is 11.6 Å². The van der Waals surface area contributed by atoms with E-state index < -0.39 is 17.6 Å². The Morgan fingerprint density at radius 3 is 2.39 bits per heavy atom. The fourth-order valence-corrected chi connectivity index (χ4v) is 4.33. The first-order valence-electron chi connectivity index (χ1n) is 9.56. The van der Waals surface area contributed by atoms with Crippen LogP contribution in [0.5, 0.6) is 0 Å². The Hall–Kier alpha value is -1.79. The van der Waals surface area contributed by atoms with Crippen molar-refractivity contribution in [1.82, 2.24) is 15.1 Å². The van der Waals surface area contributed by atoms with Crippen molar-refractivity contribution in [2.24, 2.45) is 0 Å². The van der Waals surface area contributed by atoms with Gasteiger partial charge in [-0.3, -0.25) is 9.59 Å². The van der Waals surface area contributed by atoms with Gasteiger partial charge in [-0.2, -0.15) is 0 Å². The average Bonchev–Trinajstić information content (AvgIpc) is 3.20. The van der Waals surface area contributed by atoms with E-state index in [1.807, 2.05) is 19.9 Å². The molecule has 152 valence electrons. The van der Waals surface area contributed by atoms with Gasteiger partial charge in [-0.15, -0.1) is 0 Å². The molecule has 1 aliphatic carbocycles. The van der Waals surface area contributed by atoms with Crippen LogP contribution in [-0.4, -0.2) is 45.3 Å². The smallest absolute Gasteiger partial charge is 0.325 e. The summed E-state index contributed by atoms with van der Waals surface area (Å²) in [7, 11) is 0. The third-order valence-corrected chi connectivity index (χ3v) is 6.38. The molecule has 28 heavy (non-hydrogen) atoms. The van der Waals surface area contributed by atoms with E-state index in [2.05, 4.69) is 5.32 Å². The fraction of sp³-hybridized carbons (Fsp3) is 0.550. The predicted octanol–water partition coefficient (Wildman–Crippen LogP) is 3.98. The number of carbonyl (C=O) groups excluding carboxylic acids is 3. The lowest BCUT2D eigenvalue weighted by Gasteiger charge is -2.32. The highest BCUT2D eigenvalue weighted by molar-refractivity contribution is 6.42. The van der Waals surface area contributed by atoms with Gasteiger partial charge in [0.25, 0.3) is 5.91 Å². The second kappa shape index (κ2) is 7.91. The maximum Gasteiger partial charge on any atom is 0.325 e. The van der Waals surface area contributed by atoms with Gasteiger partial charge in [0.2, 0.25) is 5.91 Å². The maximum absolute atomic E-state index is 13.2. The Kier molecular flexibility index (Phi) is 5.92. The van der Waals surface area contributed by atoms with Crippen molar-refractivity contribution in [3.63, 3.8) is 0 Å². The van der Waals surface area contributed by atoms with E-state index in [0.717, 1.165) is 23.3 Å². The van der Waals surface area contributed by atoms with E-state index >= 15 is 0 Å². The van der Waals surface area contributed by atoms with E-state index in [1.54, 1.807) is 24.0 Å². The molecule has 2 aliphatic rings. The number of carbonyl (C=O) groups is 3. The molecule has 3 rings (SSSR count). The summed E-state index contributed by atoms with van der Waals surface area (Å²) in [6, 6.07) is 3.74. The second-order valence-corrected chi connectivity index (χ2v) is 8.69. The van der Waals surface area contributed by atoms with Crippen molar-refractivity contribution in [2.45, 2.75) is 70.6 Å². The van der Waals surface area contributed by atoms with E-state index in [9.17, 15) is 14.4 Å². The number of hydrogen-bond acceptors (Lipinski definition) is 3. The van der Waals surface area contributed by atoms with E-state index in [-0.39, 0.29) is 17.9 Å². The quantitative estimate of drug-likeness (QED) is 0.725. The van der Waals surface area contributed by atoms with Crippen LogP contribution in [-0.2, 0) is 16.1 Å². The second-order valence-electron chi connectivity index (χ2n) is 7.88. The minimum atomic E-state index is -0.877. The minimum absolute atomic E-state index is 0.120. The van der Waals surface area contributed by atoms with Crippen molar-refractivity contribution in [2.75, 3.05) is 0 Å². The molecule has 1 saturated heterocycles. The minimum Gasteiger partial charge on any atom is -0.334 e. The van der Waals surface area contributed by atoms with Crippen LogP contribution in [0.25, 0.3) is 0 Å². The van der Waals surface area contributed by atoms with Gasteiger partial charge >= 0.3 is 6.03 Å². The molecule has 0 radical (unpaired) electrons. The first-order chi connectivity index (χ1) is 13.2. The molecule has 1 atom stereocenters. The number of imide groups is 1. The van der Waals surface area contributed by atoms with Crippen LogP contribution >= 0.6 is 23.2 Å². The molecule has 1 N–H and O–H groups in total. The van der Waals surface area contributed by atoms with Crippen LogP contribution in [0.4, 0.5) is 4.79 Å². The van der Waals surface area contributed by atoms with Gasteiger partial charge < -0.3 is 10.2 Å². The number of halogens is 2. The number of hydrogen-bond donors (Lipinski definition) is 1. The Bertz CT molecular complexity index is 806. The van der Waals surface area contributed by atoms with Gasteiger partial charge in [0.15, 0.2) is 0 Å². The van der Waals surface area contributed by atoms with Crippen LogP contribution in [0.1, 0.15) is 52.0 Å². The Morgan fingerprint density at radius 2 is 1.82 bits per heavy atom. The van der Waals surface area contributed by atoms with Crippen molar-refractivity contribution in [3.05, 3.63) is 33.8 Å². The van der Waals surface area contributed by atoms with Crippen LogP contribution in [0.2, 0.25) is 10.0 Å². The molecule has 1 spiro atoms. The predicted molar refractivity (Wildman–Crippen MR) is 108 cm³/mol. The van der Waals surface area contributed by atoms with Crippen molar-refractivity contribution < 1.29 is 14.4 Å². The highest BCUT2D eigenvalue weighted by atomic mass is 35.5. The SMILES string of the molecule is CC(C)N(Cc1ccc(Cl)c(Cl)c1)C(=O)C(C)N1C(=O)NC2(CCCC2)C1=O. The van der Waals surface area contributed by atoms with Crippen molar-refractivity contribution >= 4 is 41.0 Å². The highest BCUT2D eigenvalue weighted by Gasteiger charge is 2.54. The molecule has 1 aromatic carbocycles. The van der Waals surface area contributed by atoms with Gasteiger partial charge in [-0.1, -0.05) is 42.1 Å². The molecule has 4 amide bonds. The lowest BCUT2D eigenvalue weighted by molar-refractivity contribution is -0.144. The summed E-state index contributed by atoms with van der Waals surface area (Å²) in [6.07, 6.45) is 3.06. The average molecular weight is 426 g/mol. The Labute approximate surface area is 175 Å². The summed E-state index contributed by atoms with van der Waals surface area (Å²) in [5.74, 6) is -0.561. The van der Waals surface area contributed by atoms with Gasteiger partial charge in [0, 0.05) is 12.6 Å². The zero-order chi connectivity index (χ0) is 20.6. The molecule has 1 unspecified atom stereocenters. The molecule has 0 bridgehead atoms. The van der Waals surface area contributed by atoms with Gasteiger partial charge in [-0.25, -0.2) is 9.69 Å². The Morgan fingerprint density at radius 1 is 1.18 bits per heavy atom. The number of rotatable bonds is 5. The van der Waals surface area contributed by atoms with Crippen molar-refractivity contribution in [1.29, 1.82) is 0 Å². The van der Waals surface area contributed by atoms with Crippen LogP contribution in [0.3, 0.4) is 0 Å². The van der Waals surface area contributed by atoms with Gasteiger partial charge in [-0.05, 0) is 51.3 Å². The third kappa shape index (κ3) is 3.72. The lowest BCUT2D eigenvalue weighted by Crippen LogP contribution is -2.52. The van der Waals surface area contributed by atoms with Crippen LogP contribution in [0.15, 0.2) is 18.2 Å². The van der Waals surface area contributed by atoms with E-state index in [4.69, 9.17) is 23.2 Å². The zero-order valence-electron chi connectivity index (χ0n) is 16.3. The molecule has 8 heteroatoms. The standard InChI is InChI=1S/C20H25Cl2N3O3/c1-12(2)24(11-14-6-7-15(21)16(22)10-14)17(26)13(3)25-18(27)20(23-19(25)28)8-4-5-9-20/h6-7,10,12-13H,4-5,8-9,11H2,1-3H3,(H,23,28). The first-order valence-corrected chi connectivity index (χ1v) is 10.3. The first kappa shape index (κ1) is 20.9. The Balaban J connectivity index is 1.80. The highest BCUT2D eigenvalue weighted by Crippen LogP contribution is 2.36. The summed E-state index contributed by atoms with van der Waals surface area (Å²) in [5, 5.41) is 3.69. The van der Waals surface area contributed by atoms with Crippen LogP contribution in [0, 0.1) is 0 Å². The zero-order valence-corrected chi connectivity index (χ0v) is 17.8. The van der Waals surface area contributed by atoms with Gasteiger partial charge in [0.05, 0.1) is 10.0 Å². The topological polar surface area (TPSA) is 69.7 Å². The van der Waals surface area contributed by atoms with Crippen LogP contribution < -0.4 is 5.32 Å². The molecular formula is C20H25Cl2N3O3. The number of nitrogens with one attached hydrogen (secondary N) is 1. The molecule has 1 saturated carbocycles. The number of urea groups is 1. The summed E-state index contributed by atoms with van der Waals surface area (Å²) in [6.45, 7) is 5.71. The molecule has 6 nitrogen and oxygen atoms in total. The summed E-state index contributed by atoms with van der Waals surface area (Å²) >= 11 is 12.1. The summed E-state index contributed by atoms with van der Waals surface area (Å²) in [5.41, 5.74) is 0.00552. The largest absolute Gasteiger partial charge is 0.334 e. The number of benzene rings is 1. The number of amides is 4. The molecule has 2 fully saturated rings. The molecule has 1 aromatic rings. The summed E-state index contributed by atoms with van der Waals surface area (Å²) in [4.78, 5) is 41.4. The molecule has 0 aromatic heterocycles.